The van der Waals surface area contributed by atoms with Crippen molar-refractivity contribution < 1.29 is 4.74 Å². The van der Waals surface area contributed by atoms with Crippen LogP contribution in [0.2, 0.25) is 0 Å². The maximum Gasteiger partial charge on any atom is 0.211 e. The van der Waals surface area contributed by atoms with E-state index in [0.29, 0.717) is 12.4 Å². The van der Waals surface area contributed by atoms with Crippen LogP contribution < -0.4 is 10.6 Å². The van der Waals surface area contributed by atoms with Gasteiger partial charge in [-0.05, 0) is 44.4 Å². The molecule has 2 N–H and O–H groups in total. The molecule has 0 bridgehead atoms. The highest BCUT2D eigenvalue weighted by atomic mass is 32.1. The van der Waals surface area contributed by atoms with Crippen LogP contribution in [0.15, 0.2) is 36.7 Å². The van der Waals surface area contributed by atoms with Crippen molar-refractivity contribution in [1.82, 2.24) is 30.0 Å². The topological polar surface area (TPSA) is 89.8 Å². The number of hydrogen-bond donors (Lipinski definition) is 2. The first-order valence-corrected chi connectivity index (χ1v) is 10.8. The van der Waals surface area contributed by atoms with Crippen LogP contribution in [0, 0.1) is 13.8 Å². The van der Waals surface area contributed by atoms with Crippen LogP contribution in [0.25, 0.3) is 15.3 Å². The molecule has 4 aromatic rings. The molecule has 0 aliphatic carbocycles. The van der Waals surface area contributed by atoms with Gasteiger partial charge in [-0.1, -0.05) is 17.4 Å². The average molecular weight is 422 g/mol. The number of ether oxygens (including phenoxy) is 1. The van der Waals surface area contributed by atoms with Crippen LogP contribution in [0.5, 0.6) is 0 Å². The van der Waals surface area contributed by atoms with Crippen molar-refractivity contribution >= 4 is 33.2 Å². The fraction of sp³-hybridized carbons (Fsp3) is 0.333. The summed E-state index contributed by atoms with van der Waals surface area (Å²) in [6, 6.07) is 7.95. The molecule has 9 heteroatoms. The van der Waals surface area contributed by atoms with E-state index in [1.54, 1.807) is 17.5 Å². The van der Waals surface area contributed by atoms with E-state index in [1.807, 2.05) is 36.0 Å². The first-order chi connectivity index (χ1) is 14.7. The maximum absolute atomic E-state index is 5.64. The Kier molecular flexibility index (Phi) is 5.16. The van der Waals surface area contributed by atoms with Gasteiger partial charge in [0.25, 0.3) is 0 Å². The summed E-state index contributed by atoms with van der Waals surface area (Å²) in [6.45, 7) is 5.59. The maximum atomic E-state index is 5.64. The SMILES string of the molecule is Cc1ccc(Nc2cc3nc(-n4nccc4C)sc3cn2)nc1CN[C@@H]1CCCO1. The van der Waals surface area contributed by atoms with E-state index >= 15 is 0 Å². The highest BCUT2D eigenvalue weighted by Gasteiger charge is 2.15. The third kappa shape index (κ3) is 3.91. The van der Waals surface area contributed by atoms with Crippen molar-refractivity contribution in [3.63, 3.8) is 0 Å². The Hall–Kier alpha value is -2.88. The largest absolute Gasteiger partial charge is 0.363 e. The first kappa shape index (κ1) is 19.1. The van der Waals surface area contributed by atoms with E-state index in [2.05, 4.69) is 33.7 Å². The molecule has 1 aliphatic heterocycles. The number of nitrogens with zero attached hydrogens (tertiary/aromatic N) is 5. The molecule has 4 aromatic heterocycles. The Morgan fingerprint density at radius 1 is 1.20 bits per heavy atom. The van der Waals surface area contributed by atoms with Gasteiger partial charge in [-0.25, -0.2) is 19.6 Å². The number of aryl methyl sites for hydroxylation is 2. The second-order valence-corrected chi connectivity index (χ2v) is 8.39. The average Bonchev–Trinajstić information content (AvgIpc) is 3.48. The number of pyridine rings is 2. The molecular formula is C21H23N7OS. The first-order valence-electron chi connectivity index (χ1n) is 10.0. The molecule has 0 saturated carbocycles. The lowest BCUT2D eigenvalue weighted by Gasteiger charge is -2.14. The van der Waals surface area contributed by atoms with Gasteiger partial charge in [0, 0.05) is 37.3 Å². The molecule has 0 spiro atoms. The second-order valence-electron chi connectivity index (χ2n) is 7.39. The zero-order chi connectivity index (χ0) is 20.5. The number of anilines is 2. The number of thiazole rings is 1. The summed E-state index contributed by atoms with van der Waals surface area (Å²) in [6.07, 6.45) is 5.91. The molecule has 30 heavy (non-hydrogen) atoms. The van der Waals surface area contributed by atoms with Gasteiger partial charge in [-0.15, -0.1) is 0 Å². The van der Waals surface area contributed by atoms with Gasteiger partial charge >= 0.3 is 0 Å². The van der Waals surface area contributed by atoms with Crippen LogP contribution in [-0.2, 0) is 11.3 Å². The minimum Gasteiger partial charge on any atom is -0.363 e. The van der Waals surface area contributed by atoms with E-state index in [0.717, 1.165) is 57.6 Å². The van der Waals surface area contributed by atoms with Crippen LogP contribution in [0.4, 0.5) is 11.6 Å². The summed E-state index contributed by atoms with van der Waals surface area (Å²) < 4.78 is 8.50. The Labute approximate surface area is 178 Å². The van der Waals surface area contributed by atoms with Gasteiger partial charge in [0.05, 0.1) is 15.9 Å². The van der Waals surface area contributed by atoms with Gasteiger partial charge in [-0.2, -0.15) is 5.10 Å². The summed E-state index contributed by atoms with van der Waals surface area (Å²) in [5, 5.41) is 11.9. The van der Waals surface area contributed by atoms with Gasteiger partial charge in [0.1, 0.15) is 17.9 Å². The van der Waals surface area contributed by atoms with Crippen molar-refractivity contribution in [2.24, 2.45) is 0 Å². The van der Waals surface area contributed by atoms with Gasteiger partial charge in [0.2, 0.25) is 5.13 Å². The highest BCUT2D eigenvalue weighted by Crippen LogP contribution is 2.27. The number of rotatable bonds is 6. The predicted octanol–water partition coefficient (Wildman–Crippen LogP) is 3.86. The molecule has 1 saturated heterocycles. The smallest absolute Gasteiger partial charge is 0.211 e. The van der Waals surface area contributed by atoms with Gasteiger partial charge < -0.3 is 10.1 Å². The Morgan fingerprint density at radius 3 is 2.93 bits per heavy atom. The lowest BCUT2D eigenvalue weighted by Crippen LogP contribution is -2.28. The molecule has 5 rings (SSSR count). The van der Waals surface area contributed by atoms with E-state index < -0.39 is 0 Å². The fourth-order valence-corrected chi connectivity index (χ4v) is 4.38. The minimum absolute atomic E-state index is 0.129. The molecule has 0 unspecified atom stereocenters. The summed E-state index contributed by atoms with van der Waals surface area (Å²) in [5.74, 6) is 1.47. The molecule has 1 aliphatic rings. The van der Waals surface area contributed by atoms with Crippen LogP contribution in [-0.4, -0.2) is 37.6 Å². The third-order valence-corrected chi connectivity index (χ3v) is 6.14. The minimum atomic E-state index is 0.129. The predicted molar refractivity (Wildman–Crippen MR) is 117 cm³/mol. The van der Waals surface area contributed by atoms with Crippen molar-refractivity contribution in [1.29, 1.82) is 0 Å². The molecule has 0 amide bonds. The monoisotopic (exact) mass is 421 g/mol. The molecule has 154 valence electrons. The molecule has 1 atom stereocenters. The van der Waals surface area contributed by atoms with E-state index in [9.17, 15) is 0 Å². The summed E-state index contributed by atoms with van der Waals surface area (Å²) in [7, 11) is 0. The van der Waals surface area contributed by atoms with Crippen LogP contribution >= 0.6 is 11.3 Å². The molecule has 0 aromatic carbocycles. The zero-order valence-electron chi connectivity index (χ0n) is 16.9. The number of hydrogen-bond acceptors (Lipinski definition) is 8. The quantitative estimate of drug-likeness (QED) is 0.489. The van der Waals surface area contributed by atoms with Crippen molar-refractivity contribution in [2.75, 3.05) is 11.9 Å². The molecule has 8 nitrogen and oxygen atoms in total. The van der Waals surface area contributed by atoms with Crippen molar-refractivity contribution in [3.8, 4) is 5.13 Å². The van der Waals surface area contributed by atoms with Gasteiger partial charge in [0.15, 0.2) is 0 Å². The molecular weight excluding hydrogens is 398 g/mol. The van der Waals surface area contributed by atoms with E-state index in [4.69, 9.17) is 14.7 Å². The Balaban J connectivity index is 1.34. The highest BCUT2D eigenvalue weighted by molar-refractivity contribution is 7.20. The standard InChI is InChI=1S/C21H23N7OS/c1-13-5-6-18(25-16(13)11-23-20-4-3-9-29-20)27-19-10-15-17(12-22-19)30-21(26-15)28-14(2)7-8-24-28/h5-8,10,12,20,23H,3-4,9,11H2,1-2H3,(H,22,25,27)/t20-/m0/s1. The number of aromatic nitrogens is 5. The third-order valence-electron chi connectivity index (χ3n) is 5.16. The van der Waals surface area contributed by atoms with E-state index in [-0.39, 0.29) is 6.23 Å². The van der Waals surface area contributed by atoms with Crippen molar-refractivity contribution in [3.05, 3.63) is 53.6 Å². The normalized spacial score (nSPS) is 16.4. The van der Waals surface area contributed by atoms with Crippen LogP contribution in [0.1, 0.15) is 29.8 Å². The second kappa shape index (κ2) is 8.10. The Morgan fingerprint density at radius 2 is 2.13 bits per heavy atom. The molecule has 0 radical (unpaired) electrons. The lowest BCUT2D eigenvalue weighted by atomic mass is 10.2. The number of fused-ring (bicyclic) bond motifs is 1. The summed E-state index contributed by atoms with van der Waals surface area (Å²) in [4.78, 5) is 14.0. The molecule has 5 heterocycles. The summed E-state index contributed by atoms with van der Waals surface area (Å²) in [5.41, 5.74) is 4.08. The lowest BCUT2D eigenvalue weighted by molar-refractivity contribution is 0.0824. The van der Waals surface area contributed by atoms with Crippen LogP contribution in [0.3, 0.4) is 0 Å². The molecule has 1 fully saturated rings. The number of nitrogens with one attached hydrogen (secondary N) is 2. The zero-order valence-corrected chi connectivity index (χ0v) is 17.7. The fourth-order valence-electron chi connectivity index (χ4n) is 3.45. The van der Waals surface area contributed by atoms with E-state index in [1.165, 1.54) is 0 Å². The van der Waals surface area contributed by atoms with Gasteiger partial charge in [-0.3, -0.25) is 5.32 Å². The van der Waals surface area contributed by atoms with Crippen molar-refractivity contribution in [2.45, 2.75) is 39.5 Å². The Bertz CT molecular complexity index is 1180. The summed E-state index contributed by atoms with van der Waals surface area (Å²) >= 11 is 1.57.